The number of methoxy groups -OCH3 is 1. The van der Waals surface area contributed by atoms with Crippen molar-refractivity contribution in [2.75, 3.05) is 24.4 Å². The Morgan fingerprint density at radius 1 is 1.28 bits per heavy atom. The predicted octanol–water partition coefficient (Wildman–Crippen LogP) is 2.27. The average molecular weight is 271 g/mol. The van der Waals surface area contributed by atoms with Crippen LogP contribution in [0.25, 0.3) is 0 Å². The number of anilines is 2. The molecular weight excluding hydrogens is 256 g/mol. The Kier molecular flexibility index (Phi) is 5.61. The number of amides is 2. The lowest BCUT2D eigenvalue weighted by Crippen LogP contribution is -2.16. The molecule has 0 aliphatic carbocycles. The van der Waals surface area contributed by atoms with Gasteiger partial charge in [-0.25, -0.2) is 0 Å². The first-order valence-electron chi connectivity index (χ1n) is 5.39. The Balaban J connectivity index is 2.80. The Hall–Kier alpha value is -1.59. The van der Waals surface area contributed by atoms with Gasteiger partial charge in [-0.05, 0) is 18.2 Å². The molecule has 0 aliphatic heterocycles. The second-order valence-corrected chi connectivity index (χ2v) is 4.10. The Morgan fingerprint density at radius 2 is 2.00 bits per heavy atom. The van der Waals surface area contributed by atoms with Gasteiger partial charge < -0.3 is 15.4 Å². The van der Waals surface area contributed by atoms with Crippen molar-refractivity contribution in [2.24, 2.45) is 0 Å². The highest BCUT2D eigenvalue weighted by Crippen LogP contribution is 2.25. The number of hydrogen-bond donors (Lipinski definition) is 2. The molecular formula is C12H15ClN2O3. The number of halogens is 1. The van der Waals surface area contributed by atoms with E-state index in [1.54, 1.807) is 18.2 Å². The molecule has 5 nitrogen and oxygen atoms in total. The molecule has 0 saturated heterocycles. The first-order chi connectivity index (χ1) is 8.52. The fraction of sp³-hybridized carbons (Fsp3) is 0.333. The highest BCUT2D eigenvalue weighted by Gasteiger charge is 2.08. The van der Waals surface area contributed by atoms with Crippen molar-refractivity contribution in [3.05, 3.63) is 23.2 Å². The van der Waals surface area contributed by atoms with Gasteiger partial charge in [0.2, 0.25) is 11.8 Å². The molecule has 1 rings (SSSR count). The summed E-state index contributed by atoms with van der Waals surface area (Å²) in [4.78, 5) is 22.6. The lowest BCUT2D eigenvalue weighted by Gasteiger charge is -2.11. The predicted molar refractivity (Wildman–Crippen MR) is 70.9 cm³/mol. The molecule has 1 aromatic rings. The summed E-state index contributed by atoms with van der Waals surface area (Å²) in [5, 5.41) is 5.77. The molecule has 2 N–H and O–H groups in total. The van der Waals surface area contributed by atoms with Crippen molar-refractivity contribution in [2.45, 2.75) is 13.3 Å². The fourth-order valence-corrected chi connectivity index (χ4v) is 1.50. The number of hydrogen-bond acceptors (Lipinski definition) is 3. The normalized spacial score (nSPS) is 9.94. The molecule has 0 heterocycles. The zero-order chi connectivity index (χ0) is 13.5. The van der Waals surface area contributed by atoms with E-state index in [0.29, 0.717) is 23.0 Å². The molecule has 0 fully saturated rings. The highest BCUT2D eigenvalue weighted by molar-refractivity contribution is 6.31. The van der Waals surface area contributed by atoms with Crippen LogP contribution in [0, 0.1) is 0 Å². The van der Waals surface area contributed by atoms with Gasteiger partial charge in [0, 0.05) is 19.1 Å². The van der Waals surface area contributed by atoms with Crippen LogP contribution in [0.5, 0.6) is 0 Å². The molecule has 0 saturated carbocycles. The minimum Gasteiger partial charge on any atom is -0.384 e. The molecule has 2 amide bonds. The maximum Gasteiger partial charge on any atom is 0.226 e. The van der Waals surface area contributed by atoms with Gasteiger partial charge in [-0.3, -0.25) is 9.59 Å². The summed E-state index contributed by atoms with van der Waals surface area (Å²) in [5.41, 5.74) is 0.983. The summed E-state index contributed by atoms with van der Waals surface area (Å²) in [5.74, 6) is -0.421. The number of carbonyl (C=O) groups is 2. The van der Waals surface area contributed by atoms with Gasteiger partial charge in [0.25, 0.3) is 0 Å². The molecule has 0 aliphatic rings. The van der Waals surface area contributed by atoms with E-state index in [1.165, 1.54) is 14.0 Å². The maximum atomic E-state index is 11.6. The molecule has 0 bridgehead atoms. The van der Waals surface area contributed by atoms with E-state index in [9.17, 15) is 9.59 Å². The van der Waals surface area contributed by atoms with Gasteiger partial charge in [-0.2, -0.15) is 0 Å². The van der Waals surface area contributed by atoms with Crippen LogP contribution in [0.4, 0.5) is 11.4 Å². The van der Waals surface area contributed by atoms with Gasteiger partial charge in [0.1, 0.15) is 0 Å². The van der Waals surface area contributed by atoms with Crippen molar-refractivity contribution in [1.29, 1.82) is 0 Å². The standard InChI is InChI=1S/C12H15ClN2O3/c1-8(16)14-11-7-9(13)3-4-10(11)15-12(17)5-6-18-2/h3-4,7H,5-6H2,1-2H3,(H,14,16)(H,15,17). The molecule has 0 radical (unpaired) electrons. The summed E-state index contributed by atoms with van der Waals surface area (Å²) in [6, 6.07) is 4.85. The third-order valence-electron chi connectivity index (χ3n) is 2.10. The smallest absolute Gasteiger partial charge is 0.226 e. The second-order valence-electron chi connectivity index (χ2n) is 3.66. The van der Waals surface area contributed by atoms with Crippen LogP contribution in [0.3, 0.4) is 0 Å². The van der Waals surface area contributed by atoms with Crippen molar-refractivity contribution in [1.82, 2.24) is 0 Å². The molecule has 0 aromatic heterocycles. The quantitative estimate of drug-likeness (QED) is 0.862. The Morgan fingerprint density at radius 3 is 2.61 bits per heavy atom. The van der Waals surface area contributed by atoms with Crippen LogP contribution < -0.4 is 10.6 Å². The van der Waals surface area contributed by atoms with Crippen LogP contribution in [0.2, 0.25) is 5.02 Å². The lowest BCUT2D eigenvalue weighted by atomic mass is 10.2. The van der Waals surface area contributed by atoms with Crippen LogP contribution in [0.1, 0.15) is 13.3 Å². The SMILES string of the molecule is COCCC(=O)Nc1ccc(Cl)cc1NC(C)=O. The van der Waals surface area contributed by atoms with Crippen molar-refractivity contribution in [3.8, 4) is 0 Å². The van der Waals surface area contributed by atoms with Gasteiger partial charge >= 0.3 is 0 Å². The van der Waals surface area contributed by atoms with Crippen LogP contribution in [0.15, 0.2) is 18.2 Å². The van der Waals surface area contributed by atoms with Crippen molar-refractivity contribution < 1.29 is 14.3 Å². The van der Waals surface area contributed by atoms with Gasteiger partial charge in [0.05, 0.1) is 24.4 Å². The number of ether oxygens (including phenoxy) is 1. The topological polar surface area (TPSA) is 67.4 Å². The third kappa shape index (κ3) is 4.73. The molecule has 98 valence electrons. The summed E-state index contributed by atoms with van der Waals surface area (Å²) in [6.07, 6.45) is 0.249. The minimum absolute atomic E-state index is 0.189. The third-order valence-corrected chi connectivity index (χ3v) is 2.33. The summed E-state index contributed by atoms with van der Waals surface area (Å²) in [6.45, 7) is 1.73. The summed E-state index contributed by atoms with van der Waals surface area (Å²) >= 11 is 5.84. The van der Waals surface area contributed by atoms with Gasteiger partial charge in [-0.15, -0.1) is 0 Å². The van der Waals surface area contributed by atoms with Crippen LogP contribution in [-0.2, 0) is 14.3 Å². The minimum atomic E-state index is -0.232. The average Bonchev–Trinajstić information content (AvgIpc) is 2.29. The van der Waals surface area contributed by atoms with E-state index < -0.39 is 0 Å². The number of nitrogens with one attached hydrogen (secondary N) is 2. The number of carbonyl (C=O) groups excluding carboxylic acids is 2. The zero-order valence-corrected chi connectivity index (χ0v) is 11.0. The highest BCUT2D eigenvalue weighted by atomic mass is 35.5. The van der Waals surface area contributed by atoms with Gasteiger partial charge in [-0.1, -0.05) is 11.6 Å². The number of benzene rings is 1. The molecule has 1 aromatic carbocycles. The maximum absolute atomic E-state index is 11.6. The Bertz CT molecular complexity index is 449. The van der Waals surface area contributed by atoms with E-state index >= 15 is 0 Å². The summed E-state index contributed by atoms with van der Waals surface area (Å²) < 4.78 is 4.81. The molecule has 6 heteroatoms. The van der Waals surface area contributed by atoms with Crippen LogP contribution in [-0.4, -0.2) is 25.5 Å². The van der Waals surface area contributed by atoms with E-state index in [-0.39, 0.29) is 18.2 Å². The lowest BCUT2D eigenvalue weighted by molar-refractivity contribution is -0.117. The molecule has 0 unspecified atom stereocenters. The molecule has 0 atom stereocenters. The van der Waals surface area contributed by atoms with E-state index in [4.69, 9.17) is 16.3 Å². The van der Waals surface area contributed by atoms with Crippen molar-refractivity contribution in [3.63, 3.8) is 0 Å². The fourth-order valence-electron chi connectivity index (χ4n) is 1.33. The van der Waals surface area contributed by atoms with E-state index in [2.05, 4.69) is 10.6 Å². The largest absolute Gasteiger partial charge is 0.384 e. The number of rotatable bonds is 5. The first-order valence-corrected chi connectivity index (χ1v) is 5.76. The molecule has 18 heavy (non-hydrogen) atoms. The van der Waals surface area contributed by atoms with E-state index in [0.717, 1.165) is 0 Å². The van der Waals surface area contributed by atoms with Gasteiger partial charge in [0.15, 0.2) is 0 Å². The van der Waals surface area contributed by atoms with Crippen LogP contribution >= 0.6 is 11.6 Å². The van der Waals surface area contributed by atoms with E-state index in [1.807, 2.05) is 0 Å². The second kappa shape index (κ2) is 6.98. The summed E-state index contributed by atoms with van der Waals surface area (Å²) in [7, 11) is 1.53. The Labute approximate surface area is 110 Å². The zero-order valence-electron chi connectivity index (χ0n) is 10.2. The van der Waals surface area contributed by atoms with Crippen molar-refractivity contribution >= 4 is 34.8 Å². The monoisotopic (exact) mass is 270 g/mol. The first kappa shape index (κ1) is 14.5. The molecule has 0 spiro atoms.